The van der Waals surface area contributed by atoms with Gasteiger partial charge in [0.2, 0.25) is 0 Å². The predicted molar refractivity (Wildman–Crippen MR) is 465 cm³/mol. The number of hydrogen-bond acceptors (Lipinski definition) is 5. The minimum Gasteiger partial charge on any atom is -0.423 e. The Bertz CT molecular complexity index is 6840. The molecule has 4 heterocycles. The molecule has 3 N–H and O–H groups in total. The van der Waals surface area contributed by atoms with Crippen LogP contribution < -0.4 is 5.46 Å². The van der Waals surface area contributed by atoms with Crippen LogP contribution in [0.3, 0.4) is 0 Å². The van der Waals surface area contributed by atoms with Gasteiger partial charge in [-0.3, -0.25) is 0 Å². The maximum Gasteiger partial charge on any atom is 0.488 e. The Balaban J connectivity index is 0.000000142. The summed E-state index contributed by atoms with van der Waals surface area (Å²) in [6, 6.07) is 121. The number of nitrogens with one attached hydrogen (secondary N) is 1. The van der Waals surface area contributed by atoms with E-state index in [4.69, 9.17) is 15.3 Å². The molecule has 0 bridgehead atoms. The van der Waals surface area contributed by atoms with Crippen molar-refractivity contribution in [3.8, 4) is 79.8 Å². The number of hydrogen-bond donors (Lipinski definition) is 3. The van der Waals surface area contributed by atoms with Crippen LogP contribution in [0.25, 0.3) is 149 Å². The van der Waals surface area contributed by atoms with Crippen LogP contribution in [-0.4, -0.2) is 35.9 Å². The van der Waals surface area contributed by atoms with Crippen molar-refractivity contribution in [2.45, 2.75) is 0 Å². The van der Waals surface area contributed by atoms with Gasteiger partial charge >= 0.3 is 7.12 Å². The molecular formula is C99H60BBr2F6N7O2. The zero-order chi connectivity index (χ0) is 81.0. The van der Waals surface area contributed by atoms with Gasteiger partial charge in [0.1, 0.15) is 18.2 Å². The van der Waals surface area contributed by atoms with E-state index in [0.29, 0.717) is 22.2 Å². The maximum absolute atomic E-state index is 14.3. The molecule has 0 unspecified atom stereocenters. The molecule has 4 aromatic heterocycles. The highest BCUT2D eigenvalue weighted by atomic mass is 79.9. The summed E-state index contributed by atoms with van der Waals surface area (Å²) in [6.07, 6.45) is 0. The number of aromatic nitrogens is 4. The zero-order valence-corrected chi connectivity index (χ0v) is 64.8. The molecule has 0 spiro atoms. The molecule has 9 nitrogen and oxygen atoms in total. The second-order valence-electron chi connectivity index (χ2n) is 27.1. The standard InChI is InChI=1S/C55H34N4.C19H10F3N.C12H9N.C7Br2F3N.C6H7BO2/c56-35-44-51(36-19-3-1-4-20-36)53(57-45-29-13-7-23-38(45)39-24-8-14-30-46(39)57)55(59-49-33-17-11-27-42(49)43-28-12-18-34-50(43)59)54(52(44)37-21-5-2-6-22-37)58-47-31-15-9-25-40(47)41-26-10-16-32-48(41)58;20-17-15(12-7-3-1-4-8-12)14(11-23)16(18(21)19(17)22)13-9-5-2-6-10-13;1-3-7-11-9(5-1)10-6-2-4-8-12(10)13-11;8-3-2(1-13)4(9)6(11)7(12)5(3)10;8-7(9)6-4-2-1-3-5-6/h1-34H;1-10H;1-8,13H;;1-5,8-9H. The van der Waals surface area contributed by atoms with E-state index in [1.54, 1.807) is 84.9 Å². The van der Waals surface area contributed by atoms with Gasteiger partial charge in [-0.05, 0) is 108 Å². The highest BCUT2D eigenvalue weighted by molar-refractivity contribution is 9.11. The van der Waals surface area contributed by atoms with Gasteiger partial charge in [-0.15, -0.1) is 0 Å². The molecule has 0 radical (unpaired) electrons. The molecule has 0 atom stereocenters. The third-order valence-electron chi connectivity index (χ3n) is 20.5. The van der Waals surface area contributed by atoms with Crippen molar-refractivity contribution in [3.63, 3.8) is 0 Å². The van der Waals surface area contributed by atoms with Crippen LogP contribution in [0.1, 0.15) is 16.7 Å². The summed E-state index contributed by atoms with van der Waals surface area (Å²) < 4.78 is 87.5. The monoisotopic (exact) mass is 1660 g/mol. The summed E-state index contributed by atoms with van der Waals surface area (Å²) in [7, 11) is -1.34. The summed E-state index contributed by atoms with van der Waals surface area (Å²) in [5, 5.41) is 56.5. The largest absolute Gasteiger partial charge is 0.488 e. The van der Waals surface area contributed by atoms with E-state index in [9.17, 15) is 36.9 Å². The van der Waals surface area contributed by atoms with E-state index in [1.165, 1.54) is 27.9 Å². The fourth-order valence-corrected chi connectivity index (χ4v) is 16.6. The molecule has 20 rings (SSSR count). The molecule has 117 heavy (non-hydrogen) atoms. The molecule has 562 valence electrons. The fourth-order valence-electron chi connectivity index (χ4n) is 15.4. The SMILES string of the molecule is N#Cc1c(-c2ccccc2)c(-n2c3ccccc3c3ccccc32)c(-n2c3ccccc3c3ccccc32)c(-n2c3ccccc3c3ccccc32)c1-c1ccccc1.N#Cc1c(-c2ccccc2)c(F)c(F)c(F)c1-c1ccccc1.N#Cc1c(Br)c(F)c(F)c(F)c1Br.OB(O)c1ccccc1.c1ccc2c(c1)[nH]c1ccccc12. The van der Waals surface area contributed by atoms with Gasteiger partial charge in [0.25, 0.3) is 0 Å². The number of H-pyrrole nitrogens is 1. The fraction of sp³-hybridized carbons (Fsp3) is 0. The Morgan fingerprint density at radius 1 is 0.256 bits per heavy atom. The third kappa shape index (κ3) is 14.1. The van der Waals surface area contributed by atoms with Crippen molar-refractivity contribution in [1.82, 2.24) is 18.7 Å². The van der Waals surface area contributed by atoms with E-state index in [1.807, 2.05) is 24.3 Å². The third-order valence-corrected chi connectivity index (χ3v) is 22.0. The first-order chi connectivity index (χ1) is 57.2. The first kappa shape index (κ1) is 76.7. The number of fused-ring (bicyclic) bond motifs is 12. The van der Waals surface area contributed by atoms with E-state index in [0.717, 1.165) is 105 Å². The second kappa shape index (κ2) is 33.4. The Hall–Kier alpha value is -14.3. The lowest BCUT2D eigenvalue weighted by Gasteiger charge is -2.29. The molecule has 16 aromatic carbocycles. The molecule has 0 aliphatic heterocycles. The minimum atomic E-state index is -1.61. The Morgan fingerprint density at radius 3 is 0.769 bits per heavy atom. The van der Waals surface area contributed by atoms with Gasteiger partial charge in [-0.25, -0.2) is 26.3 Å². The number of benzene rings is 16. The van der Waals surface area contributed by atoms with Gasteiger partial charge in [0.15, 0.2) is 34.9 Å². The minimum absolute atomic E-state index is 0.223. The quantitative estimate of drug-likeness (QED) is 0.0601. The van der Waals surface area contributed by atoms with Gasteiger partial charge < -0.3 is 28.7 Å². The zero-order valence-electron chi connectivity index (χ0n) is 61.6. The first-order valence-corrected chi connectivity index (χ1v) is 38.5. The lowest BCUT2D eigenvalue weighted by Crippen LogP contribution is -2.29. The smallest absolute Gasteiger partial charge is 0.423 e. The summed E-state index contributed by atoms with van der Waals surface area (Å²) in [4.78, 5) is 3.38. The van der Waals surface area contributed by atoms with Crippen LogP contribution in [0.5, 0.6) is 0 Å². The van der Waals surface area contributed by atoms with Crippen molar-refractivity contribution in [2.75, 3.05) is 0 Å². The summed E-state index contributed by atoms with van der Waals surface area (Å²) in [6.45, 7) is 0. The van der Waals surface area contributed by atoms with Crippen molar-refractivity contribution in [2.24, 2.45) is 0 Å². The van der Waals surface area contributed by atoms with Gasteiger partial charge in [-0.2, -0.15) is 15.8 Å². The molecule has 18 heteroatoms. The van der Waals surface area contributed by atoms with Crippen LogP contribution in [-0.2, 0) is 0 Å². The highest BCUT2D eigenvalue weighted by Crippen LogP contribution is 2.52. The predicted octanol–water partition coefficient (Wildman–Crippen LogP) is 25.7. The summed E-state index contributed by atoms with van der Waals surface area (Å²) in [5.74, 6) is -8.72. The average molecular weight is 1660 g/mol. The second-order valence-corrected chi connectivity index (χ2v) is 28.7. The van der Waals surface area contributed by atoms with Gasteiger partial charge in [-0.1, -0.05) is 297 Å². The van der Waals surface area contributed by atoms with Crippen LogP contribution in [0, 0.1) is 68.9 Å². The number of para-hydroxylation sites is 8. The molecule has 0 amide bonds. The van der Waals surface area contributed by atoms with Crippen molar-refractivity contribution < 1.29 is 36.4 Å². The number of nitrogens with zero attached hydrogens (tertiary/aromatic N) is 6. The molecule has 0 aliphatic carbocycles. The topological polar surface area (TPSA) is 142 Å². The Morgan fingerprint density at radius 2 is 0.487 bits per heavy atom. The Labute approximate surface area is 683 Å². The van der Waals surface area contributed by atoms with Crippen LogP contribution >= 0.6 is 31.9 Å². The average Bonchev–Trinajstić information content (AvgIpc) is 1.56. The molecular weight excluding hydrogens is 1600 g/mol. The Kier molecular flexibility index (Phi) is 21.9. The maximum atomic E-state index is 14.3. The number of nitriles is 3. The van der Waals surface area contributed by atoms with Crippen molar-refractivity contribution >= 4 is 132 Å². The van der Waals surface area contributed by atoms with Crippen LogP contribution in [0.2, 0.25) is 0 Å². The van der Waals surface area contributed by atoms with E-state index in [2.05, 4.69) is 299 Å². The number of aromatic amines is 1. The molecule has 0 aliphatic rings. The lowest BCUT2D eigenvalue weighted by atomic mass is 9.81. The van der Waals surface area contributed by atoms with Gasteiger partial charge in [0, 0.05) is 76.4 Å². The van der Waals surface area contributed by atoms with E-state index < -0.39 is 42.0 Å². The van der Waals surface area contributed by atoms with Crippen molar-refractivity contribution in [3.05, 3.63) is 406 Å². The first-order valence-electron chi connectivity index (χ1n) is 36.9. The summed E-state index contributed by atoms with van der Waals surface area (Å²) in [5.41, 5.74) is 16.2. The summed E-state index contributed by atoms with van der Waals surface area (Å²) >= 11 is 5.28. The van der Waals surface area contributed by atoms with Crippen LogP contribution in [0.4, 0.5) is 26.3 Å². The van der Waals surface area contributed by atoms with E-state index >= 15 is 0 Å². The van der Waals surface area contributed by atoms with Gasteiger partial charge in [0.05, 0.1) is 75.8 Å². The highest BCUT2D eigenvalue weighted by Gasteiger charge is 2.34. The van der Waals surface area contributed by atoms with Crippen LogP contribution in [0.15, 0.2) is 355 Å². The number of rotatable bonds is 8. The molecule has 0 fully saturated rings. The normalized spacial score (nSPS) is 11.0. The number of halogens is 8. The molecule has 0 saturated heterocycles. The van der Waals surface area contributed by atoms with Crippen molar-refractivity contribution in [1.29, 1.82) is 15.8 Å². The van der Waals surface area contributed by atoms with E-state index in [-0.39, 0.29) is 31.2 Å². The lowest BCUT2D eigenvalue weighted by molar-refractivity contribution is 0.425. The molecule has 20 aromatic rings. The molecule has 0 saturated carbocycles.